The molecular weight excluding hydrogens is 288 g/mol. The maximum absolute atomic E-state index is 12.7. The number of ether oxygens (including phenoxy) is 1. The van der Waals surface area contributed by atoms with E-state index in [1.54, 1.807) is 12.1 Å². The van der Waals surface area contributed by atoms with Gasteiger partial charge >= 0.3 is 0 Å². The molecule has 0 atom stereocenters. The lowest BCUT2D eigenvalue weighted by molar-refractivity contribution is 0.0664. The minimum Gasteiger partial charge on any atom is -0.496 e. The largest absolute Gasteiger partial charge is 0.496 e. The minimum absolute atomic E-state index is 0.0315. The summed E-state index contributed by atoms with van der Waals surface area (Å²) >= 11 is 6.04. The predicted octanol–water partition coefficient (Wildman–Crippen LogP) is 3.44. The van der Waals surface area contributed by atoms with E-state index in [9.17, 15) is 4.79 Å². The third-order valence-corrected chi connectivity index (χ3v) is 4.65. The van der Waals surface area contributed by atoms with Crippen molar-refractivity contribution in [3.8, 4) is 5.75 Å². The third kappa shape index (κ3) is 3.43. The van der Waals surface area contributed by atoms with Crippen molar-refractivity contribution in [2.75, 3.05) is 25.9 Å². The number of benzene rings is 1. The molecule has 1 heterocycles. The van der Waals surface area contributed by atoms with Crippen molar-refractivity contribution in [2.45, 2.75) is 26.7 Å². The maximum Gasteiger partial charge on any atom is 0.257 e. The summed E-state index contributed by atoms with van der Waals surface area (Å²) in [7, 11) is 1.53. The number of nitrogen functional groups attached to an aromatic ring is 1. The summed E-state index contributed by atoms with van der Waals surface area (Å²) in [5.74, 6) is 1.82. The summed E-state index contributed by atoms with van der Waals surface area (Å²) < 4.78 is 5.27. The van der Waals surface area contributed by atoms with Crippen LogP contribution >= 0.6 is 11.6 Å². The number of halogens is 1. The first-order chi connectivity index (χ1) is 9.93. The van der Waals surface area contributed by atoms with Gasteiger partial charge in [0, 0.05) is 19.2 Å². The Bertz CT molecular complexity index is 523. The third-order valence-electron chi connectivity index (χ3n) is 4.32. The van der Waals surface area contributed by atoms with E-state index in [2.05, 4.69) is 13.8 Å². The molecule has 0 radical (unpaired) electrons. The Balaban J connectivity index is 2.16. The maximum atomic E-state index is 12.7. The van der Waals surface area contributed by atoms with Gasteiger partial charge in [-0.1, -0.05) is 25.4 Å². The number of nitrogens with two attached hydrogens (primary N) is 1. The topological polar surface area (TPSA) is 55.6 Å². The van der Waals surface area contributed by atoms with Crippen molar-refractivity contribution in [2.24, 2.45) is 11.8 Å². The van der Waals surface area contributed by atoms with Gasteiger partial charge in [-0.05, 0) is 30.7 Å². The molecule has 1 aliphatic heterocycles. The highest BCUT2D eigenvalue weighted by atomic mass is 35.5. The summed E-state index contributed by atoms with van der Waals surface area (Å²) in [6.45, 7) is 6.05. The van der Waals surface area contributed by atoms with Crippen molar-refractivity contribution >= 4 is 23.2 Å². The van der Waals surface area contributed by atoms with Gasteiger partial charge in [0.25, 0.3) is 5.91 Å². The van der Waals surface area contributed by atoms with E-state index in [1.165, 1.54) is 7.11 Å². The lowest BCUT2D eigenvalue weighted by Crippen LogP contribution is -2.39. The van der Waals surface area contributed by atoms with E-state index in [4.69, 9.17) is 22.1 Å². The number of hydrogen-bond donors (Lipinski definition) is 1. The number of likely N-dealkylation sites (tertiary alicyclic amines) is 1. The van der Waals surface area contributed by atoms with Gasteiger partial charge in [-0.15, -0.1) is 0 Å². The van der Waals surface area contributed by atoms with Crippen molar-refractivity contribution in [1.82, 2.24) is 4.90 Å². The first kappa shape index (κ1) is 16.0. The van der Waals surface area contributed by atoms with E-state index in [0.29, 0.717) is 33.9 Å². The van der Waals surface area contributed by atoms with Crippen LogP contribution in [0.15, 0.2) is 12.1 Å². The molecule has 1 fully saturated rings. The molecule has 1 aromatic carbocycles. The quantitative estimate of drug-likeness (QED) is 0.870. The van der Waals surface area contributed by atoms with Crippen LogP contribution in [0.25, 0.3) is 0 Å². The monoisotopic (exact) mass is 310 g/mol. The highest BCUT2D eigenvalue weighted by molar-refractivity contribution is 6.33. The molecule has 0 spiro atoms. The van der Waals surface area contributed by atoms with E-state index in [1.807, 2.05) is 4.90 Å². The summed E-state index contributed by atoms with van der Waals surface area (Å²) in [6.07, 6.45) is 2.10. The van der Waals surface area contributed by atoms with Gasteiger partial charge < -0.3 is 15.4 Å². The molecule has 2 rings (SSSR count). The van der Waals surface area contributed by atoms with Gasteiger partial charge in [0.1, 0.15) is 5.75 Å². The molecule has 1 aliphatic rings. The molecule has 0 aromatic heterocycles. The van der Waals surface area contributed by atoms with Crippen LogP contribution in [0.1, 0.15) is 37.0 Å². The molecule has 1 amide bonds. The van der Waals surface area contributed by atoms with Gasteiger partial charge in [0.15, 0.2) is 0 Å². The fourth-order valence-electron chi connectivity index (χ4n) is 2.84. The number of nitrogens with zero attached hydrogens (tertiary/aromatic N) is 1. The van der Waals surface area contributed by atoms with Gasteiger partial charge in [0.2, 0.25) is 0 Å². The molecule has 0 saturated carbocycles. The number of carbonyl (C=O) groups is 1. The van der Waals surface area contributed by atoms with Crippen LogP contribution in [0.3, 0.4) is 0 Å². The Kier molecular flexibility index (Phi) is 4.99. The van der Waals surface area contributed by atoms with E-state index >= 15 is 0 Å². The smallest absolute Gasteiger partial charge is 0.257 e. The molecule has 1 aromatic rings. The highest BCUT2D eigenvalue weighted by Crippen LogP contribution is 2.31. The number of amides is 1. The molecule has 2 N–H and O–H groups in total. The van der Waals surface area contributed by atoms with Crippen LogP contribution in [0.2, 0.25) is 5.02 Å². The standard InChI is InChI=1S/C16H23ClN2O2/c1-10(2)11-4-6-19(7-5-11)16(20)12-8-13(17)14(18)9-15(12)21-3/h8-11H,4-7,18H2,1-3H3. The number of methoxy groups -OCH3 is 1. The molecule has 5 heteroatoms. The zero-order chi connectivity index (χ0) is 15.6. The SMILES string of the molecule is COc1cc(N)c(Cl)cc1C(=O)N1CCC(C(C)C)CC1. The number of anilines is 1. The predicted molar refractivity (Wildman–Crippen MR) is 85.9 cm³/mol. The second-order valence-corrected chi connectivity index (χ2v) is 6.35. The van der Waals surface area contributed by atoms with Crippen LogP contribution in [0.5, 0.6) is 5.75 Å². The highest BCUT2D eigenvalue weighted by Gasteiger charge is 2.27. The van der Waals surface area contributed by atoms with Crippen molar-refractivity contribution in [3.05, 3.63) is 22.7 Å². The number of carbonyl (C=O) groups excluding carboxylic acids is 1. The Hall–Kier alpha value is -1.42. The van der Waals surface area contributed by atoms with Gasteiger partial charge in [-0.25, -0.2) is 0 Å². The van der Waals surface area contributed by atoms with E-state index < -0.39 is 0 Å². The Morgan fingerprint density at radius 1 is 1.38 bits per heavy atom. The summed E-state index contributed by atoms with van der Waals surface area (Å²) in [5.41, 5.74) is 6.66. The van der Waals surface area contributed by atoms with Crippen LogP contribution in [0, 0.1) is 11.8 Å². The Morgan fingerprint density at radius 3 is 2.52 bits per heavy atom. The molecule has 0 bridgehead atoms. The summed E-state index contributed by atoms with van der Waals surface area (Å²) in [6, 6.07) is 3.21. The normalized spacial score (nSPS) is 16.3. The lowest BCUT2D eigenvalue weighted by atomic mass is 9.86. The fraction of sp³-hybridized carbons (Fsp3) is 0.562. The molecule has 116 valence electrons. The average molecular weight is 311 g/mol. The van der Waals surface area contributed by atoms with Crippen LogP contribution < -0.4 is 10.5 Å². The molecule has 21 heavy (non-hydrogen) atoms. The molecular formula is C16H23ClN2O2. The lowest BCUT2D eigenvalue weighted by Gasteiger charge is -2.34. The van der Waals surface area contributed by atoms with E-state index in [0.717, 1.165) is 25.9 Å². The van der Waals surface area contributed by atoms with Crippen molar-refractivity contribution in [1.29, 1.82) is 0 Å². The van der Waals surface area contributed by atoms with Crippen molar-refractivity contribution in [3.63, 3.8) is 0 Å². The summed E-state index contributed by atoms with van der Waals surface area (Å²) in [5, 5.41) is 0.385. The number of rotatable bonds is 3. The molecule has 0 aliphatic carbocycles. The average Bonchev–Trinajstić information content (AvgIpc) is 2.49. The zero-order valence-electron chi connectivity index (χ0n) is 12.9. The van der Waals surface area contributed by atoms with Crippen LogP contribution in [0.4, 0.5) is 5.69 Å². The first-order valence-electron chi connectivity index (χ1n) is 7.36. The van der Waals surface area contributed by atoms with Gasteiger partial charge in [-0.2, -0.15) is 0 Å². The van der Waals surface area contributed by atoms with Gasteiger partial charge in [-0.3, -0.25) is 4.79 Å². The van der Waals surface area contributed by atoms with Crippen molar-refractivity contribution < 1.29 is 9.53 Å². The molecule has 0 unspecified atom stereocenters. The number of piperidine rings is 1. The Labute approximate surface area is 131 Å². The zero-order valence-corrected chi connectivity index (χ0v) is 13.6. The summed E-state index contributed by atoms with van der Waals surface area (Å²) in [4.78, 5) is 14.5. The Morgan fingerprint density at radius 2 is 2.00 bits per heavy atom. The van der Waals surface area contributed by atoms with E-state index in [-0.39, 0.29) is 5.91 Å². The van der Waals surface area contributed by atoms with Crippen LogP contribution in [-0.4, -0.2) is 31.0 Å². The molecule has 4 nitrogen and oxygen atoms in total. The second-order valence-electron chi connectivity index (χ2n) is 5.95. The molecule has 1 saturated heterocycles. The first-order valence-corrected chi connectivity index (χ1v) is 7.74. The fourth-order valence-corrected chi connectivity index (χ4v) is 3.01. The van der Waals surface area contributed by atoms with Crippen LogP contribution in [-0.2, 0) is 0 Å². The number of hydrogen-bond acceptors (Lipinski definition) is 3. The second kappa shape index (κ2) is 6.56. The minimum atomic E-state index is -0.0315. The van der Waals surface area contributed by atoms with Gasteiger partial charge in [0.05, 0.1) is 23.4 Å².